The fraction of sp³-hybridized carbons (Fsp3) is 0.421. The van der Waals surface area contributed by atoms with E-state index in [1.807, 2.05) is 0 Å². The van der Waals surface area contributed by atoms with E-state index in [0.29, 0.717) is 12.0 Å². The minimum absolute atomic E-state index is 0.297. The Hall–Kier alpha value is -2.03. The lowest BCUT2D eigenvalue weighted by atomic mass is 9.95. The summed E-state index contributed by atoms with van der Waals surface area (Å²) in [5.74, 6) is 1.48. The Morgan fingerprint density at radius 1 is 1.14 bits per heavy atom. The van der Waals surface area contributed by atoms with Crippen LogP contribution < -0.4 is 5.32 Å². The van der Waals surface area contributed by atoms with Gasteiger partial charge in [-0.2, -0.15) is 0 Å². The molecule has 0 radical (unpaired) electrons. The first kappa shape index (κ1) is 13.6. The minimum Gasteiger partial charge on any atom is -0.367 e. The predicted octanol–water partition coefficient (Wildman–Crippen LogP) is 4.60. The third-order valence-electron chi connectivity index (χ3n) is 4.88. The lowest BCUT2D eigenvalue weighted by Gasteiger charge is -2.24. The quantitative estimate of drug-likeness (QED) is 0.896. The number of aryl methyl sites for hydroxylation is 1. The van der Waals surface area contributed by atoms with Gasteiger partial charge in [0.25, 0.3) is 0 Å². The lowest BCUT2D eigenvalue weighted by Crippen LogP contribution is -2.23. The standard InChI is InChI=1S/C19H23N3/c1-14-8-7-13-22-18(14)21-17(15-9-5-6-10-15)19(22)20-16-11-3-2-4-12-16/h5-10,13,15-16,20H,2-4,11-12H2,1H3. The maximum atomic E-state index is 4.96. The second kappa shape index (κ2) is 5.64. The van der Waals surface area contributed by atoms with Crippen LogP contribution >= 0.6 is 0 Å². The van der Waals surface area contributed by atoms with Crippen LogP contribution in [0, 0.1) is 6.92 Å². The Bertz CT molecular complexity index is 720. The zero-order valence-electron chi connectivity index (χ0n) is 13.1. The van der Waals surface area contributed by atoms with Crippen molar-refractivity contribution in [2.75, 3.05) is 5.32 Å². The summed E-state index contributed by atoms with van der Waals surface area (Å²) in [4.78, 5) is 4.96. The zero-order valence-corrected chi connectivity index (χ0v) is 13.1. The van der Waals surface area contributed by atoms with Gasteiger partial charge in [-0.1, -0.05) is 49.6 Å². The van der Waals surface area contributed by atoms with Crippen LogP contribution in [-0.4, -0.2) is 15.4 Å². The highest BCUT2D eigenvalue weighted by Crippen LogP contribution is 2.32. The molecule has 22 heavy (non-hydrogen) atoms. The molecule has 1 fully saturated rings. The molecule has 4 rings (SSSR count). The van der Waals surface area contributed by atoms with Gasteiger partial charge in [0, 0.05) is 18.2 Å². The van der Waals surface area contributed by atoms with E-state index in [9.17, 15) is 0 Å². The molecule has 3 nitrogen and oxygen atoms in total. The number of rotatable bonds is 3. The number of fused-ring (bicyclic) bond motifs is 1. The van der Waals surface area contributed by atoms with Crippen LogP contribution in [-0.2, 0) is 0 Å². The van der Waals surface area contributed by atoms with Crippen molar-refractivity contribution in [1.82, 2.24) is 9.38 Å². The molecular weight excluding hydrogens is 270 g/mol. The first-order chi connectivity index (χ1) is 10.8. The van der Waals surface area contributed by atoms with Gasteiger partial charge >= 0.3 is 0 Å². The van der Waals surface area contributed by atoms with Crippen LogP contribution in [0.5, 0.6) is 0 Å². The van der Waals surface area contributed by atoms with Crippen molar-refractivity contribution in [3.63, 3.8) is 0 Å². The Balaban J connectivity index is 1.78. The second-order valence-electron chi connectivity index (χ2n) is 6.51. The Morgan fingerprint density at radius 2 is 1.91 bits per heavy atom. The molecule has 114 valence electrons. The van der Waals surface area contributed by atoms with Crippen molar-refractivity contribution >= 4 is 11.5 Å². The van der Waals surface area contributed by atoms with Gasteiger partial charge in [0.2, 0.25) is 0 Å². The summed E-state index contributed by atoms with van der Waals surface area (Å²) in [5, 5.41) is 3.81. The van der Waals surface area contributed by atoms with Crippen LogP contribution in [0.2, 0.25) is 0 Å². The average molecular weight is 293 g/mol. The molecule has 0 aromatic carbocycles. The van der Waals surface area contributed by atoms with Crippen molar-refractivity contribution in [3.8, 4) is 0 Å². The van der Waals surface area contributed by atoms with E-state index >= 15 is 0 Å². The summed E-state index contributed by atoms with van der Waals surface area (Å²) in [6.07, 6.45) is 17.4. The highest BCUT2D eigenvalue weighted by molar-refractivity contribution is 5.62. The normalized spacial score (nSPS) is 19.3. The summed E-state index contributed by atoms with van der Waals surface area (Å²) < 4.78 is 2.24. The summed E-state index contributed by atoms with van der Waals surface area (Å²) in [6, 6.07) is 4.83. The van der Waals surface area contributed by atoms with E-state index in [1.165, 1.54) is 43.5 Å². The van der Waals surface area contributed by atoms with E-state index in [1.54, 1.807) is 0 Å². The topological polar surface area (TPSA) is 29.3 Å². The molecule has 0 amide bonds. The number of imidazole rings is 1. The minimum atomic E-state index is 0.297. The van der Waals surface area contributed by atoms with Crippen molar-refractivity contribution in [2.45, 2.75) is 51.0 Å². The van der Waals surface area contributed by atoms with Crippen LogP contribution in [0.25, 0.3) is 5.65 Å². The maximum absolute atomic E-state index is 4.96. The highest BCUT2D eigenvalue weighted by Gasteiger charge is 2.22. The molecule has 3 heteroatoms. The van der Waals surface area contributed by atoms with Gasteiger partial charge in [-0.15, -0.1) is 0 Å². The number of allylic oxidation sites excluding steroid dienone is 4. The third-order valence-corrected chi connectivity index (χ3v) is 4.88. The SMILES string of the molecule is Cc1cccn2c(NC3CCCCC3)c(C3C=CC=C3)nc12. The maximum Gasteiger partial charge on any atom is 0.141 e. The highest BCUT2D eigenvalue weighted by atomic mass is 15.1. The molecule has 0 aliphatic heterocycles. The van der Waals surface area contributed by atoms with Crippen LogP contribution in [0.1, 0.15) is 49.3 Å². The molecule has 0 saturated heterocycles. The number of hydrogen-bond donors (Lipinski definition) is 1. The number of nitrogens with one attached hydrogen (secondary N) is 1. The molecule has 2 heterocycles. The van der Waals surface area contributed by atoms with Gasteiger partial charge in [-0.05, 0) is 31.4 Å². The molecule has 1 N–H and O–H groups in total. The third kappa shape index (κ3) is 2.35. The largest absolute Gasteiger partial charge is 0.367 e. The van der Waals surface area contributed by atoms with E-state index in [4.69, 9.17) is 4.98 Å². The molecule has 0 unspecified atom stereocenters. The van der Waals surface area contributed by atoms with E-state index in [0.717, 1.165) is 11.3 Å². The number of aromatic nitrogens is 2. The predicted molar refractivity (Wildman–Crippen MR) is 91.4 cm³/mol. The van der Waals surface area contributed by atoms with Crippen molar-refractivity contribution in [1.29, 1.82) is 0 Å². The lowest BCUT2D eigenvalue weighted by molar-refractivity contribution is 0.461. The van der Waals surface area contributed by atoms with Crippen LogP contribution in [0.3, 0.4) is 0 Å². The Morgan fingerprint density at radius 3 is 2.68 bits per heavy atom. The molecule has 0 atom stereocenters. The average Bonchev–Trinajstić information content (AvgIpc) is 3.17. The second-order valence-corrected chi connectivity index (χ2v) is 6.51. The molecule has 0 spiro atoms. The molecule has 1 saturated carbocycles. The van der Waals surface area contributed by atoms with Crippen molar-refractivity contribution in [3.05, 3.63) is 53.9 Å². The van der Waals surface area contributed by atoms with E-state index < -0.39 is 0 Å². The van der Waals surface area contributed by atoms with Gasteiger partial charge < -0.3 is 5.32 Å². The van der Waals surface area contributed by atoms with Gasteiger partial charge in [0.1, 0.15) is 11.5 Å². The smallest absolute Gasteiger partial charge is 0.141 e. The van der Waals surface area contributed by atoms with Crippen LogP contribution in [0.4, 0.5) is 5.82 Å². The fourth-order valence-electron chi connectivity index (χ4n) is 3.65. The molecular formula is C19H23N3. The summed E-state index contributed by atoms with van der Waals surface area (Å²) in [6.45, 7) is 2.14. The fourth-order valence-corrected chi connectivity index (χ4v) is 3.65. The first-order valence-electron chi connectivity index (χ1n) is 8.42. The summed E-state index contributed by atoms with van der Waals surface area (Å²) in [7, 11) is 0. The first-order valence-corrected chi connectivity index (χ1v) is 8.42. The number of anilines is 1. The van der Waals surface area contributed by atoms with E-state index in [-0.39, 0.29) is 0 Å². The molecule has 2 aromatic heterocycles. The van der Waals surface area contributed by atoms with Gasteiger partial charge in [0.05, 0.1) is 5.69 Å². The van der Waals surface area contributed by atoms with Gasteiger partial charge in [0.15, 0.2) is 0 Å². The van der Waals surface area contributed by atoms with Crippen molar-refractivity contribution < 1.29 is 0 Å². The van der Waals surface area contributed by atoms with Crippen molar-refractivity contribution in [2.24, 2.45) is 0 Å². The Labute approximate surface area is 131 Å². The monoisotopic (exact) mass is 293 g/mol. The van der Waals surface area contributed by atoms with Gasteiger partial charge in [-0.25, -0.2) is 4.98 Å². The molecule has 2 aliphatic carbocycles. The number of nitrogens with zero attached hydrogens (tertiary/aromatic N) is 2. The molecule has 2 aromatic rings. The van der Waals surface area contributed by atoms with Crippen LogP contribution in [0.15, 0.2) is 42.6 Å². The Kier molecular flexibility index (Phi) is 3.49. The summed E-state index contributed by atoms with van der Waals surface area (Å²) in [5.41, 5.74) is 3.46. The zero-order chi connectivity index (χ0) is 14.9. The van der Waals surface area contributed by atoms with E-state index in [2.05, 4.69) is 59.3 Å². The molecule has 2 aliphatic rings. The van der Waals surface area contributed by atoms with Gasteiger partial charge in [-0.3, -0.25) is 4.40 Å². The summed E-state index contributed by atoms with van der Waals surface area (Å²) >= 11 is 0. The number of pyridine rings is 1. The number of hydrogen-bond acceptors (Lipinski definition) is 2. The molecule has 0 bridgehead atoms.